The van der Waals surface area contributed by atoms with Crippen molar-refractivity contribution in [1.82, 2.24) is 19.8 Å². The molecule has 0 spiro atoms. The van der Waals surface area contributed by atoms with Crippen molar-refractivity contribution in [1.29, 1.82) is 0 Å². The van der Waals surface area contributed by atoms with E-state index in [1.807, 2.05) is 16.6 Å². The summed E-state index contributed by atoms with van der Waals surface area (Å²) in [5.41, 5.74) is 7.95. The van der Waals surface area contributed by atoms with Crippen LogP contribution in [0.15, 0.2) is 24.3 Å². The molecule has 1 aromatic carbocycles. The van der Waals surface area contributed by atoms with Gasteiger partial charge in [0.1, 0.15) is 5.01 Å². The van der Waals surface area contributed by atoms with Crippen LogP contribution in [-0.4, -0.2) is 19.8 Å². The van der Waals surface area contributed by atoms with Gasteiger partial charge in [-0.15, -0.1) is 10.2 Å². The van der Waals surface area contributed by atoms with E-state index in [1.54, 1.807) is 11.3 Å². The van der Waals surface area contributed by atoms with E-state index in [-0.39, 0.29) is 5.41 Å². The molecule has 5 nitrogen and oxygen atoms in total. The van der Waals surface area contributed by atoms with Crippen LogP contribution in [0, 0.1) is 0 Å². The van der Waals surface area contributed by atoms with E-state index in [2.05, 4.69) is 36.2 Å². The molecule has 1 fully saturated rings. The smallest absolute Gasteiger partial charge is 0.234 e. The summed E-state index contributed by atoms with van der Waals surface area (Å²) in [4.78, 5) is 0.885. The maximum absolute atomic E-state index is 5.79. The maximum Gasteiger partial charge on any atom is 0.234 e. The molecule has 0 bridgehead atoms. The molecule has 2 N–H and O–H groups in total. The third kappa shape index (κ3) is 1.86. The third-order valence-corrected chi connectivity index (χ3v) is 5.26. The Kier molecular flexibility index (Phi) is 2.60. The van der Waals surface area contributed by atoms with E-state index in [0.717, 1.165) is 34.3 Å². The molecular formula is C15H17N5S. The average Bonchev–Trinajstić information content (AvgIpc) is 2.99. The summed E-state index contributed by atoms with van der Waals surface area (Å²) < 4.78 is 1.90. The van der Waals surface area contributed by atoms with Crippen molar-refractivity contribution in [2.75, 3.05) is 5.73 Å². The van der Waals surface area contributed by atoms with Crippen LogP contribution in [0.3, 0.4) is 0 Å². The van der Waals surface area contributed by atoms with E-state index in [0.29, 0.717) is 5.92 Å². The van der Waals surface area contributed by atoms with Gasteiger partial charge in [-0.2, -0.15) is 9.61 Å². The summed E-state index contributed by atoms with van der Waals surface area (Å²) in [6.07, 6.45) is 2.27. The lowest BCUT2D eigenvalue weighted by atomic mass is 9.97. The molecule has 2 heterocycles. The van der Waals surface area contributed by atoms with Crippen LogP contribution in [0.5, 0.6) is 0 Å². The molecular weight excluding hydrogens is 282 g/mol. The van der Waals surface area contributed by atoms with Gasteiger partial charge in [0.25, 0.3) is 0 Å². The molecule has 0 radical (unpaired) electrons. The van der Waals surface area contributed by atoms with Gasteiger partial charge in [0, 0.05) is 17.0 Å². The lowest BCUT2D eigenvalue weighted by Gasteiger charge is -2.12. The molecule has 1 aliphatic rings. The minimum Gasteiger partial charge on any atom is -0.399 e. The van der Waals surface area contributed by atoms with Crippen molar-refractivity contribution in [3.05, 3.63) is 40.7 Å². The predicted molar refractivity (Wildman–Crippen MR) is 83.6 cm³/mol. The van der Waals surface area contributed by atoms with E-state index < -0.39 is 0 Å². The number of fused-ring (bicyclic) bond motifs is 1. The van der Waals surface area contributed by atoms with Crippen molar-refractivity contribution in [2.45, 2.75) is 38.0 Å². The van der Waals surface area contributed by atoms with E-state index in [4.69, 9.17) is 10.8 Å². The zero-order valence-corrected chi connectivity index (χ0v) is 12.9. The standard InChI is InChI=1S/C15H17N5S/c1-9(2)12-17-18-14-20(12)19-13(21-14)15(7-8-15)10-3-5-11(16)6-4-10/h3-6,9H,7-8,16H2,1-2H3. The summed E-state index contributed by atoms with van der Waals surface area (Å²) >= 11 is 1.65. The Balaban J connectivity index is 1.81. The first-order chi connectivity index (χ1) is 10.1. The molecule has 0 aliphatic heterocycles. The quantitative estimate of drug-likeness (QED) is 0.755. The topological polar surface area (TPSA) is 69.1 Å². The van der Waals surface area contributed by atoms with Crippen molar-refractivity contribution in [3.63, 3.8) is 0 Å². The maximum atomic E-state index is 5.79. The van der Waals surface area contributed by atoms with Crippen LogP contribution in [0.2, 0.25) is 0 Å². The summed E-state index contributed by atoms with van der Waals surface area (Å²) in [7, 11) is 0. The number of benzene rings is 1. The van der Waals surface area contributed by atoms with E-state index >= 15 is 0 Å². The number of rotatable bonds is 3. The highest BCUT2D eigenvalue weighted by Crippen LogP contribution is 2.54. The van der Waals surface area contributed by atoms with Crippen LogP contribution < -0.4 is 5.73 Å². The molecule has 1 saturated carbocycles. The zero-order chi connectivity index (χ0) is 14.6. The highest BCUT2D eigenvalue weighted by atomic mass is 32.1. The first-order valence-electron chi connectivity index (χ1n) is 7.19. The first-order valence-corrected chi connectivity index (χ1v) is 8.00. The second-order valence-corrected chi connectivity index (χ2v) is 6.97. The van der Waals surface area contributed by atoms with E-state index in [9.17, 15) is 0 Å². The summed E-state index contributed by atoms with van der Waals surface area (Å²) in [6.45, 7) is 4.23. The summed E-state index contributed by atoms with van der Waals surface area (Å²) in [5.74, 6) is 1.25. The first kappa shape index (κ1) is 12.8. The minimum atomic E-state index is 0.0628. The number of hydrogen-bond acceptors (Lipinski definition) is 5. The van der Waals surface area contributed by atoms with Gasteiger partial charge in [-0.3, -0.25) is 0 Å². The monoisotopic (exact) mass is 299 g/mol. The highest BCUT2D eigenvalue weighted by Gasteiger charge is 2.49. The lowest BCUT2D eigenvalue weighted by molar-refractivity contribution is 0.702. The fourth-order valence-corrected chi connectivity index (χ4v) is 3.85. The molecule has 0 unspecified atom stereocenters. The van der Waals surface area contributed by atoms with Crippen LogP contribution in [0.4, 0.5) is 5.69 Å². The molecule has 108 valence electrons. The van der Waals surface area contributed by atoms with Gasteiger partial charge >= 0.3 is 0 Å². The van der Waals surface area contributed by atoms with Crippen molar-refractivity contribution < 1.29 is 0 Å². The van der Waals surface area contributed by atoms with Crippen LogP contribution >= 0.6 is 11.3 Å². The molecule has 4 rings (SSSR count). The van der Waals surface area contributed by atoms with Crippen LogP contribution in [-0.2, 0) is 5.41 Å². The number of anilines is 1. The Morgan fingerprint density at radius 3 is 2.52 bits per heavy atom. The molecule has 2 aromatic heterocycles. The summed E-state index contributed by atoms with van der Waals surface area (Å²) in [5, 5.41) is 14.4. The van der Waals surface area contributed by atoms with E-state index in [1.165, 1.54) is 5.56 Å². The zero-order valence-electron chi connectivity index (χ0n) is 12.1. The molecule has 21 heavy (non-hydrogen) atoms. The largest absolute Gasteiger partial charge is 0.399 e. The Labute approximate surface area is 126 Å². The SMILES string of the molecule is CC(C)c1nnc2sc(C3(c4ccc(N)cc4)CC3)nn12. The molecule has 3 aromatic rings. The van der Waals surface area contributed by atoms with Gasteiger partial charge in [-0.25, -0.2) is 0 Å². The number of hydrogen-bond donors (Lipinski definition) is 1. The molecule has 0 amide bonds. The predicted octanol–water partition coefficient (Wildman–Crippen LogP) is 2.97. The van der Waals surface area contributed by atoms with Gasteiger partial charge in [0.15, 0.2) is 5.82 Å². The highest BCUT2D eigenvalue weighted by molar-refractivity contribution is 7.16. The van der Waals surface area contributed by atoms with Gasteiger partial charge in [-0.05, 0) is 30.5 Å². The molecule has 0 atom stereocenters. The minimum absolute atomic E-state index is 0.0628. The Hall–Kier alpha value is -1.95. The Bertz CT molecular complexity index is 795. The van der Waals surface area contributed by atoms with Crippen LogP contribution in [0.25, 0.3) is 4.96 Å². The third-order valence-electron chi connectivity index (χ3n) is 4.15. The fraction of sp³-hybridized carbons (Fsp3) is 0.400. The number of aromatic nitrogens is 4. The van der Waals surface area contributed by atoms with Gasteiger partial charge in [0.2, 0.25) is 4.96 Å². The molecule has 6 heteroatoms. The van der Waals surface area contributed by atoms with Gasteiger partial charge < -0.3 is 5.73 Å². The fourth-order valence-electron chi connectivity index (χ4n) is 2.74. The number of nitrogens with zero attached hydrogens (tertiary/aromatic N) is 4. The molecule has 1 aliphatic carbocycles. The van der Waals surface area contributed by atoms with Gasteiger partial charge in [-0.1, -0.05) is 37.3 Å². The second kappa shape index (κ2) is 4.27. The average molecular weight is 299 g/mol. The van der Waals surface area contributed by atoms with Crippen molar-refractivity contribution in [3.8, 4) is 0 Å². The van der Waals surface area contributed by atoms with Crippen molar-refractivity contribution >= 4 is 22.0 Å². The normalized spacial score (nSPS) is 16.7. The van der Waals surface area contributed by atoms with Crippen LogP contribution in [0.1, 0.15) is 49.0 Å². The second-order valence-electron chi connectivity index (χ2n) is 6.02. The lowest BCUT2D eigenvalue weighted by Crippen LogP contribution is -2.09. The number of nitrogen functional groups attached to an aromatic ring is 1. The molecule has 0 saturated heterocycles. The van der Waals surface area contributed by atoms with Gasteiger partial charge in [0.05, 0.1) is 0 Å². The summed E-state index contributed by atoms with van der Waals surface area (Å²) in [6, 6.07) is 8.17. The Morgan fingerprint density at radius 1 is 1.19 bits per heavy atom. The number of nitrogens with two attached hydrogens (primary N) is 1. The Morgan fingerprint density at radius 2 is 1.90 bits per heavy atom. The van der Waals surface area contributed by atoms with Crippen molar-refractivity contribution in [2.24, 2.45) is 0 Å².